The van der Waals surface area contributed by atoms with Crippen molar-refractivity contribution in [3.05, 3.63) is 82.3 Å². The van der Waals surface area contributed by atoms with Gasteiger partial charge in [-0.2, -0.15) is 0 Å². The third-order valence-corrected chi connectivity index (χ3v) is 2.73. The first-order valence-electron chi connectivity index (χ1n) is 6.13. The summed E-state index contributed by atoms with van der Waals surface area (Å²) in [4.78, 5) is 38.3. The van der Waals surface area contributed by atoms with Crippen molar-refractivity contribution >= 4 is 17.8 Å². The molecule has 0 aliphatic rings. The van der Waals surface area contributed by atoms with Crippen LogP contribution >= 0.6 is 0 Å². The zero-order valence-corrected chi connectivity index (χ0v) is 10.9. The molecule has 0 aromatic heterocycles. The third-order valence-electron chi connectivity index (χ3n) is 2.73. The molecule has 104 valence electrons. The van der Waals surface area contributed by atoms with Gasteiger partial charge in [0.15, 0.2) is 11.1 Å². The molecule has 21 heavy (non-hydrogen) atoms. The van der Waals surface area contributed by atoms with Gasteiger partial charge in [-0.1, -0.05) is 60.7 Å². The summed E-state index contributed by atoms with van der Waals surface area (Å²) in [5.41, 5.74) is 0.703. The summed E-state index contributed by atoms with van der Waals surface area (Å²) in [7, 11) is 0. The summed E-state index contributed by atoms with van der Waals surface area (Å²) in [6.45, 7) is 0. The lowest BCUT2D eigenvalue weighted by Gasteiger charge is -2.03. The fraction of sp³-hybridized carbons (Fsp3) is 0. The van der Waals surface area contributed by atoms with Crippen LogP contribution in [-0.4, -0.2) is 11.8 Å². The van der Waals surface area contributed by atoms with Gasteiger partial charge < -0.3 is 0 Å². The molecule has 0 bridgehead atoms. The predicted molar refractivity (Wildman–Crippen MR) is 77.1 cm³/mol. The van der Waals surface area contributed by atoms with Crippen LogP contribution < -0.4 is 0 Å². The van der Waals surface area contributed by atoms with Crippen LogP contribution in [-0.2, 0) is 9.63 Å². The monoisotopic (exact) mass is 281 g/mol. The SMILES string of the molecule is O=NOC(=O)/C(=C/c1ccccc1)C(=O)c1ccccc1. The summed E-state index contributed by atoms with van der Waals surface area (Å²) in [5, 5.41) is 2.08. The molecule has 5 nitrogen and oxygen atoms in total. The lowest BCUT2D eigenvalue weighted by molar-refractivity contribution is -0.138. The lowest BCUT2D eigenvalue weighted by Crippen LogP contribution is -2.14. The van der Waals surface area contributed by atoms with Crippen LogP contribution in [0.5, 0.6) is 0 Å². The molecular weight excluding hydrogens is 270 g/mol. The summed E-state index contributed by atoms with van der Waals surface area (Å²) in [6, 6.07) is 17.0. The Balaban J connectivity index is 2.42. The van der Waals surface area contributed by atoms with Crippen LogP contribution in [0.15, 0.2) is 71.6 Å². The molecule has 0 aliphatic carbocycles. The van der Waals surface area contributed by atoms with E-state index in [1.54, 1.807) is 60.7 Å². The first-order valence-corrected chi connectivity index (χ1v) is 6.13. The molecular formula is C16H11NO4. The van der Waals surface area contributed by atoms with E-state index in [0.29, 0.717) is 11.1 Å². The lowest BCUT2D eigenvalue weighted by atomic mass is 10.0. The standard InChI is InChI=1S/C16H11NO4/c18-15(13-9-5-2-6-10-13)14(16(19)21-17-20)11-12-7-3-1-4-8-12/h1-11H/b14-11+. The molecule has 0 aliphatic heterocycles. The van der Waals surface area contributed by atoms with Crippen molar-refractivity contribution in [2.45, 2.75) is 0 Å². The number of Topliss-reactive ketones (excluding diaryl/α,β-unsaturated/α-hetero) is 1. The van der Waals surface area contributed by atoms with E-state index in [-0.39, 0.29) is 5.57 Å². The molecule has 0 N–H and O–H groups in total. The first kappa shape index (κ1) is 14.3. The first-order chi connectivity index (χ1) is 10.2. The van der Waals surface area contributed by atoms with Crippen LogP contribution in [0, 0.1) is 4.91 Å². The van der Waals surface area contributed by atoms with E-state index in [2.05, 4.69) is 10.2 Å². The van der Waals surface area contributed by atoms with Crippen LogP contribution in [0.3, 0.4) is 0 Å². The van der Waals surface area contributed by atoms with Gasteiger partial charge in [0.25, 0.3) is 0 Å². The van der Waals surface area contributed by atoms with Gasteiger partial charge in [-0.25, -0.2) is 4.79 Å². The molecule has 0 atom stereocenters. The fourth-order valence-corrected chi connectivity index (χ4v) is 1.76. The Morgan fingerprint density at radius 3 is 2.05 bits per heavy atom. The number of nitrogens with zero attached hydrogens (tertiary/aromatic N) is 1. The second-order valence-corrected chi connectivity index (χ2v) is 4.12. The molecule has 2 rings (SSSR count). The molecule has 2 aromatic carbocycles. The Bertz CT molecular complexity index is 678. The quantitative estimate of drug-likeness (QED) is 0.211. The van der Waals surface area contributed by atoms with Gasteiger partial charge in [-0.3, -0.25) is 9.63 Å². The fourth-order valence-electron chi connectivity index (χ4n) is 1.76. The van der Waals surface area contributed by atoms with E-state index in [9.17, 15) is 14.5 Å². The molecule has 0 saturated carbocycles. The number of benzene rings is 2. The summed E-state index contributed by atoms with van der Waals surface area (Å²) < 4.78 is 0. The van der Waals surface area contributed by atoms with Crippen LogP contribution in [0.1, 0.15) is 15.9 Å². The number of hydrogen-bond donors (Lipinski definition) is 0. The molecule has 0 saturated heterocycles. The normalized spacial score (nSPS) is 10.8. The Morgan fingerprint density at radius 2 is 1.48 bits per heavy atom. The molecule has 0 heterocycles. The van der Waals surface area contributed by atoms with Crippen molar-refractivity contribution in [1.29, 1.82) is 0 Å². The highest BCUT2D eigenvalue weighted by molar-refractivity contribution is 6.26. The molecule has 0 spiro atoms. The van der Waals surface area contributed by atoms with Crippen LogP contribution in [0.25, 0.3) is 6.08 Å². The summed E-state index contributed by atoms with van der Waals surface area (Å²) >= 11 is 0. The van der Waals surface area contributed by atoms with Crippen molar-refractivity contribution in [2.24, 2.45) is 5.34 Å². The van der Waals surface area contributed by atoms with Crippen LogP contribution in [0.4, 0.5) is 0 Å². The second-order valence-electron chi connectivity index (χ2n) is 4.12. The highest BCUT2D eigenvalue weighted by Crippen LogP contribution is 2.14. The summed E-state index contributed by atoms with van der Waals surface area (Å²) in [6.07, 6.45) is 1.36. The zero-order chi connectivity index (χ0) is 15.1. The molecule has 0 fully saturated rings. The van der Waals surface area contributed by atoms with Crippen LogP contribution in [0.2, 0.25) is 0 Å². The third kappa shape index (κ3) is 3.70. The van der Waals surface area contributed by atoms with Gasteiger partial charge >= 0.3 is 5.97 Å². The minimum atomic E-state index is -1.08. The van der Waals surface area contributed by atoms with Crippen molar-refractivity contribution in [3.63, 3.8) is 0 Å². The molecule has 0 unspecified atom stereocenters. The maximum Gasteiger partial charge on any atom is 0.373 e. The van der Waals surface area contributed by atoms with E-state index in [1.165, 1.54) is 6.08 Å². The number of rotatable bonds is 5. The molecule has 5 heteroatoms. The van der Waals surface area contributed by atoms with E-state index < -0.39 is 11.8 Å². The Hall–Kier alpha value is -3.08. The largest absolute Gasteiger partial charge is 0.373 e. The highest BCUT2D eigenvalue weighted by atomic mass is 16.7. The summed E-state index contributed by atoms with van der Waals surface area (Å²) in [5.74, 6) is -1.61. The number of carbonyl (C=O) groups is 2. The Labute approximate surface area is 120 Å². The van der Waals surface area contributed by atoms with Gasteiger partial charge in [-0.15, -0.1) is 4.91 Å². The average molecular weight is 281 g/mol. The molecule has 2 aromatic rings. The molecule has 0 amide bonds. The number of carbonyl (C=O) groups excluding carboxylic acids is 2. The molecule has 0 radical (unpaired) electrons. The maximum atomic E-state index is 12.4. The topological polar surface area (TPSA) is 72.8 Å². The van der Waals surface area contributed by atoms with Crippen molar-refractivity contribution < 1.29 is 14.4 Å². The van der Waals surface area contributed by atoms with E-state index in [0.717, 1.165) is 0 Å². The van der Waals surface area contributed by atoms with E-state index in [4.69, 9.17) is 0 Å². The van der Waals surface area contributed by atoms with E-state index >= 15 is 0 Å². The average Bonchev–Trinajstić information content (AvgIpc) is 2.54. The zero-order valence-electron chi connectivity index (χ0n) is 10.9. The number of ketones is 1. The Morgan fingerprint density at radius 1 is 0.905 bits per heavy atom. The van der Waals surface area contributed by atoms with Crippen molar-refractivity contribution in [1.82, 2.24) is 0 Å². The van der Waals surface area contributed by atoms with Gasteiger partial charge in [0.05, 0.1) is 0 Å². The highest BCUT2D eigenvalue weighted by Gasteiger charge is 2.22. The smallest absolute Gasteiger partial charge is 0.288 e. The van der Waals surface area contributed by atoms with Gasteiger partial charge in [0, 0.05) is 5.56 Å². The van der Waals surface area contributed by atoms with Gasteiger partial charge in [-0.05, 0) is 11.6 Å². The van der Waals surface area contributed by atoms with Crippen molar-refractivity contribution in [2.75, 3.05) is 0 Å². The van der Waals surface area contributed by atoms with Gasteiger partial charge in [0.2, 0.25) is 0 Å². The maximum absolute atomic E-state index is 12.4. The van der Waals surface area contributed by atoms with E-state index in [1.807, 2.05) is 0 Å². The Kier molecular flexibility index (Phi) is 4.71. The second kappa shape index (κ2) is 6.91. The number of hydrogen-bond acceptors (Lipinski definition) is 5. The van der Waals surface area contributed by atoms with Gasteiger partial charge in [0.1, 0.15) is 5.57 Å². The predicted octanol–water partition coefficient (Wildman–Crippen LogP) is 3.18. The minimum absolute atomic E-state index is 0.257. The minimum Gasteiger partial charge on any atom is -0.288 e. The van der Waals surface area contributed by atoms with Crippen molar-refractivity contribution in [3.8, 4) is 0 Å².